The van der Waals surface area contributed by atoms with Crippen LogP contribution in [0, 0.1) is 25.1 Å². The lowest BCUT2D eigenvalue weighted by atomic mass is 10.0. The average Bonchev–Trinajstić information content (AvgIpc) is 3.45. The first-order chi connectivity index (χ1) is 13.9. The molecule has 2 N–H and O–H groups in total. The number of carbonyl (C=O) groups is 2. The first-order valence-corrected chi connectivity index (χ1v) is 9.12. The van der Waals surface area contributed by atoms with Gasteiger partial charge in [-0.3, -0.25) is 14.6 Å². The summed E-state index contributed by atoms with van der Waals surface area (Å²) in [4.78, 5) is 28.5. The van der Waals surface area contributed by atoms with Crippen molar-refractivity contribution in [3.8, 4) is 12.3 Å². The van der Waals surface area contributed by atoms with Crippen molar-refractivity contribution in [3.63, 3.8) is 0 Å². The summed E-state index contributed by atoms with van der Waals surface area (Å²) in [7, 11) is 0. The maximum atomic E-state index is 14.4. The van der Waals surface area contributed by atoms with Crippen molar-refractivity contribution in [3.05, 3.63) is 53.6 Å². The van der Waals surface area contributed by atoms with Gasteiger partial charge in [0.1, 0.15) is 5.82 Å². The van der Waals surface area contributed by atoms with Crippen LogP contribution in [0.3, 0.4) is 0 Å². The van der Waals surface area contributed by atoms with Gasteiger partial charge in [-0.1, -0.05) is 0 Å². The summed E-state index contributed by atoms with van der Waals surface area (Å²) < 4.78 is 14.4. The fourth-order valence-electron chi connectivity index (χ4n) is 2.80. The summed E-state index contributed by atoms with van der Waals surface area (Å²) in [6, 6.07) is 7.22. The van der Waals surface area contributed by atoms with Gasteiger partial charge >= 0.3 is 0 Å². The van der Waals surface area contributed by atoms with E-state index in [0.29, 0.717) is 24.9 Å². The largest absolute Gasteiger partial charge is 0.326 e. The van der Waals surface area contributed by atoms with Crippen molar-refractivity contribution in [2.24, 2.45) is 10.2 Å². The van der Waals surface area contributed by atoms with Crippen LogP contribution in [0.1, 0.15) is 41.7 Å². The highest BCUT2D eigenvalue weighted by Crippen LogP contribution is 2.37. The van der Waals surface area contributed by atoms with Gasteiger partial charge in [-0.25, -0.2) is 4.39 Å². The van der Waals surface area contributed by atoms with Crippen LogP contribution in [0.2, 0.25) is 0 Å². The number of pyridine rings is 1. The Kier molecular flexibility index (Phi) is 5.98. The molecule has 0 saturated carbocycles. The molecule has 0 fully saturated rings. The third-order valence-electron chi connectivity index (χ3n) is 4.46. The van der Waals surface area contributed by atoms with Gasteiger partial charge in [-0.05, 0) is 37.3 Å². The lowest BCUT2D eigenvalue weighted by Gasteiger charge is -2.11. The number of terminal acetylenes is 1. The van der Waals surface area contributed by atoms with Gasteiger partial charge in [0.2, 0.25) is 5.91 Å². The van der Waals surface area contributed by atoms with Gasteiger partial charge in [0, 0.05) is 48.9 Å². The molecular formula is C21H20FN5O2. The van der Waals surface area contributed by atoms with E-state index in [4.69, 9.17) is 6.42 Å². The number of anilines is 2. The Balaban J connectivity index is 1.55. The number of aromatic nitrogens is 1. The van der Waals surface area contributed by atoms with E-state index in [1.807, 2.05) is 0 Å². The molecule has 1 aromatic carbocycles. The molecule has 0 radical (unpaired) electrons. The minimum Gasteiger partial charge on any atom is -0.326 e. The van der Waals surface area contributed by atoms with Crippen molar-refractivity contribution >= 4 is 23.2 Å². The van der Waals surface area contributed by atoms with Crippen molar-refractivity contribution in [1.29, 1.82) is 0 Å². The normalized spacial score (nSPS) is 13.4. The molecule has 2 aromatic rings. The summed E-state index contributed by atoms with van der Waals surface area (Å²) in [5.41, 5.74) is 0.859. The zero-order valence-electron chi connectivity index (χ0n) is 15.9. The number of rotatable bonds is 8. The molecule has 1 aromatic heterocycles. The molecule has 0 bridgehead atoms. The molecule has 8 heteroatoms. The number of hydrogen-bond donors (Lipinski definition) is 2. The van der Waals surface area contributed by atoms with E-state index < -0.39 is 17.4 Å². The van der Waals surface area contributed by atoms with Crippen LogP contribution in [-0.2, 0) is 4.79 Å². The number of amides is 2. The van der Waals surface area contributed by atoms with Crippen LogP contribution >= 0.6 is 0 Å². The first-order valence-electron chi connectivity index (χ1n) is 9.12. The highest BCUT2D eigenvalue weighted by atomic mass is 19.1. The van der Waals surface area contributed by atoms with Crippen LogP contribution in [-0.4, -0.2) is 22.5 Å². The van der Waals surface area contributed by atoms with Crippen LogP contribution in [0.5, 0.6) is 0 Å². The Morgan fingerprint density at radius 2 is 1.90 bits per heavy atom. The van der Waals surface area contributed by atoms with E-state index in [2.05, 4.69) is 31.8 Å². The van der Waals surface area contributed by atoms with E-state index in [1.165, 1.54) is 12.1 Å². The number of hydrogen-bond acceptors (Lipinski definition) is 5. The first kappa shape index (κ1) is 20.1. The Hall–Kier alpha value is -3.60. The van der Waals surface area contributed by atoms with E-state index in [-0.39, 0.29) is 23.6 Å². The highest BCUT2D eigenvalue weighted by Gasteiger charge is 2.39. The van der Waals surface area contributed by atoms with Crippen LogP contribution in [0.25, 0.3) is 0 Å². The molecule has 0 saturated heterocycles. The van der Waals surface area contributed by atoms with E-state index in [9.17, 15) is 14.0 Å². The Labute approximate surface area is 167 Å². The number of aryl methyl sites for hydroxylation is 1. The van der Waals surface area contributed by atoms with Gasteiger partial charge in [0.05, 0.1) is 5.56 Å². The Morgan fingerprint density at radius 1 is 1.14 bits per heavy atom. The average molecular weight is 393 g/mol. The standard InChI is InChI=1S/C21H20FN5O2/c1-3-4-9-21(26-27-21)10-7-19(28)24-15-5-6-17(18(22)13-15)20(29)25-16-8-11-23-14(2)12-16/h1,5-6,8,11-13H,4,7,9-10H2,2H3,(H,24,28)(H,23,25,29). The Bertz CT molecular complexity index is 1010. The molecule has 29 heavy (non-hydrogen) atoms. The molecule has 2 heterocycles. The lowest BCUT2D eigenvalue weighted by molar-refractivity contribution is -0.116. The minimum atomic E-state index is -0.733. The summed E-state index contributed by atoms with van der Waals surface area (Å²) in [5, 5.41) is 13.2. The van der Waals surface area contributed by atoms with Crippen molar-refractivity contribution in [1.82, 2.24) is 4.98 Å². The minimum absolute atomic E-state index is 0.124. The second kappa shape index (κ2) is 8.61. The molecule has 1 aliphatic rings. The summed E-state index contributed by atoms with van der Waals surface area (Å²) in [6.45, 7) is 1.79. The predicted molar refractivity (Wildman–Crippen MR) is 107 cm³/mol. The maximum Gasteiger partial charge on any atom is 0.258 e. The number of carbonyl (C=O) groups excluding carboxylic acids is 2. The zero-order valence-corrected chi connectivity index (χ0v) is 15.9. The Morgan fingerprint density at radius 3 is 2.55 bits per heavy atom. The molecule has 7 nitrogen and oxygen atoms in total. The van der Waals surface area contributed by atoms with Crippen LogP contribution < -0.4 is 10.6 Å². The third-order valence-corrected chi connectivity index (χ3v) is 4.46. The van der Waals surface area contributed by atoms with Crippen molar-refractivity contribution in [2.45, 2.75) is 38.3 Å². The van der Waals surface area contributed by atoms with Gasteiger partial charge < -0.3 is 10.6 Å². The van der Waals surface area contributed by atoms with Gasteiger partial charge in [-0.2, -0.15) is 10.2 Å². The molecule has 0 unspecified atom stereocenters. The monoisotopic (exact) mass is 393 g/mol. The molecule has 148 valence electrons. The van der Waals surface area contributed by atoms with Gasteiger partial charge in [0.15, 0.2) is 5.66 Å². The number of nitrogens with one attached hydrogen (secondary N) is 2. The molecule has 3 rings (SSSR count). The predicted octanol–water partition coefficient (Wildman–Crippen LogP) is 4.08. The molecule has 0 aliphatic carbocycles. The number of benzene rings is 1. The van der Waals surface area contributed by atoms with E-state index >= 15 is 0 Å². The number of halogens is 1. The smallest absolute Gasteiger partial charge is 0.258 e. The molecule has 0 atom stereocenters. The number of nitrogens with zero attached hydrogens (tertiary/aromatic N) is 3. The second-order valence-corrected chi connectivity index (χ2v) is 6.77. The van der Waals surface area contributed by atoms with Gasteiger partial charge in [-0.15, -0.1) is 12.3 Å². The van der Waals surface area contributed by atoms with Crippen LogP contribution in [0.4, 0.5) is 15.8 Å². The van der Waals surface area contributed by atoms with Crippen molar-refractivity contribution < 1.29 is 14.0 Å². The fourth-order valence-corrected chi connectivity index (χ4v) is 2.80. The lowest BCUT2D eigenvalue weighted by Crippen LogP contribution is -2.18. The summed E-state index contributed by atoms with van der Waals surface area (Å²) >= 11 is 0. The fraction of sp³-hybridized carbons (Fsp3) is 0.286. The molecule has 0 spiro atoms. The topological polar surface area (TPSA) is 95.8 Å². The van der Waals surface area contributed by atoms with Gasteiger partial charge in [0.25, 0.3) is 5.91 Å². The molecule has 1 aliphatic heterocycles. The quantitative estimate of drug-likeness (QED) is 0.662. The molecule has 2 amide bonds. The van der Waals surface area contributed by atoms with E-state index in [0.717, 1.165) is 11.8 Å². The zero-order chi connectivity index (χ0) is 20.9. The SMILES string of the molecule is C#CCCC1(CCC(=O)Nc2ccc(C(=O)Nc3ccnc(C)c3)c(F)c2)N=N1. The van der Waals surface area contributed by atoms with Crippen molar-refractivity contribution in [2.75, 3.05) is 10.6 Å². The highest BCUT2D eigenvalue weighted by molar-refractivity contribution is 6.04. The maximum absolute atomic E-state index is 14.4. The third kappa shape index (κ3) is 5.45. The molecular weight excluding hydrogens is 373 g/mol. The summed E-state index contributed by atoms with van der Waals surface area (Å²) in [5.74, 6) is 0.928. The van der Waals surface area contributed by atoms with Crippen LogP contribution in [0.15, 0.2) is 46.8 Å². The van der Waals surface area contributed by atoms with E-state index in [1.54, 1.807) is 25.3 Å². The summed E-state index contributed by atoms with van der Waals surface area (Å²) in [6.07, 6.45) is 8.59. The second-order valence-electron chi connectivity index (χ2n) is 6.77.